The second-order valence-corrected chi connectivity index (χ2v) is 6.58. The number of nitrogens with zero attached hydrogens (tertiary/aromatic N) is 1. The van der Waals surface area contributed by atoms with Gasteiger partial charge in [0.1, 0.15) is 0 Å². The third kappa shape index (κ3) is 2.81. The van der Waals surface area contributed by atoms with Crippen LogP contribution in [-0.4, -0.2) is 12.3 Å². The largest absolute Gasteiger partial charge is 0.341 e. The van der Waals surface area contributed by atoms with E-state index < -0.39 is 0 Å². The van der Waals surface area contributed by atoms with E-state index in [1.54, 1.807) is 0 Å². The molecule has 1 heterocycles. The lowest BCUT2D eigenvalue weighted by molar-refractivity contribution is 0.762. The maximum atomic E-state index is 6.07. The monoisotopic (exact) mass is 298 g/mol. The number of rotatable bonds is 4. The number of thioether (sulfide) groups is 1. The van der Waals surface area contributed by atoms with Gasteiger partial charge in [0.05, 0.1) is 0 Å². The zero-order chi connectivity index (χ0) is 14.7. The molecule has 0 saturated carbocycles. The van der Waals surface area contributed by atoms with E-state index >= 15 is 0 Å². The molecule has 0 unspecified atom stereocenters. The Bertz CT molecular complexity index is 624. The number of anilines is 2. The van der Waals surface area contributed by atoms with Crippen molar-refractivity contribution in [2.24, 2.45) is 5.73 Å². The van der Waals surface area contributed by atoms with E-state index in [1.807, 2.05) is 11.8 Å². The number of benzene rings is 2. The maximum absolute atomic E-state index is 6.07. The Balaban J connectivity index is 2.07. The first-order chi connectivity index (χ1) is 10.3. The molecule has 3 rings (SSSR count). The molecular weight excluding hydrogens is 276 g/mol. The van der Waals surface area contributed by atoms with Gasteiger partial charge in [0, 0.05) is 34.9 Å². The summed E-state index contributed by atoms with van der Waals surface area (Å²) in [5.41, 5.74) is 11.4. The number of nitrogens with two attached hydrogens (primary N) is 1. The van der Waals surface area contributed by atoms with Gasteiger partial charge in [-0.3, -0.25) is 0 Å². The van der Waals surface area contributed by atoms with Crippen molar-refractivity contribution in [1.82, 2.24) is 0 Å². The van der Waals surface area contributed by atoms with Gasteiger partial charge in [-0.05, 0) is 42.4 Å². The van der Waals surface area contributed by atoms with Gasteiger partial charge in [-0.1, -0.05) is 31.2 Å². The van der Waals surface area contributed by atoms with E-state index in [0.717, 1.165) is 12.3 Å². The molecule has 110 valence electrons. The molecule has 2 nitrogen and oxygen atoms in total. The summed E-state index contributed by atoms with van der Waals surface area (Å²) in [6.07, 6.45) is 2.38. The lowest BCUT2D eigenvalue weighted by atomic mass is 10.00. The van der Waals surface area contributed by atoms with Gasteiger partial charge >= 0.3 is 0 Å². The predicted octanol–water partition coefficient (Wildman–Crippen LogP) is 4.34. The second-order valence-electron chi connectivity index (χ2n) is 5.27. The normalized spacial score (nSPS) is 14.1. The van der Waals surface area contributed by atoms with Crippen LogP contribution in [0.3, 0.4) is 0 Å². The van der Waals surface area contributed by atoms with E-state index in [4.69, 9.17) is 5.73 Å². The van der Waals surface area contributed by atoms with Crippen LogP contribution in [0.1, 0.15) is 24.5 Å². The van der Waals surface area contributed by atoms with Crippen LogP contribution in [0.2, 0.25) is 0 Å². The summed E-state index contributed by atoms with van der Waals surface area (Å²) in [4.78, 5) is 3.77. The van der Waals surface area contributed by atoms with Crippen LogP contribution in [0.25, 0.3) is 0 Å². The van der Waals surface area contributed by atoms with E-state index in [2.05, 4.69) is 54.3 Å². The van der Waals surface area contributed by atoms with Crippen molar-refractivity contribution >= 4 is 23.1 Å². The highest BCUT2D eigenvalue weighted by Crippen LogP contribution is 2.38. The molecule has 2 aromatic rings. The quantitative estimate of drug-likeness (QED) is 0.851. The summed E-state index contributed by atoms with van der Waals surface area (Å²) in [6, 6.07) is 15.3. The standard InChI is InChI=1S/C18H22N2S/c1-2-21-18-11-5-10-17(15(18)13-19)20-12-6-8-14-7-3-4-9-16(14)20/h3-5,7,9-11H,2,6,8,12-13,19H2,1H3. The van der Waals surface area contributed by atoms with Gasteiger partial charge < -0.3 is 10.6 Å². The van der Waals surface area contributed by atoms with Crippen LogP contribution in [0.15, 0.2) is 47.4 Å². The molecule has 21 heavy (non-hydrogen) atoms. The van der Waals surface area contributed by atoms with Crippen molar-refractivity contribution in [3.05, 3.63) is 53.6 Å². The Morgan fingerprint density at radius 3 is 2.71 bits per heavy atom. The fourth-order valence-corrected chi connectivity index (χ4v) is 3.93. The van der Waals surface area contributed by atoms with Crippen molar-refractivity contribution in [2.75, 3.05) is 17.2 Å². The molecule has 0 aliphatic carbocycles. The third-order valence-electron chi connectivity index (χ3n) is 4.01. The maximum Gasteiger partial charge on any atom is 0.0467 e. The molecule has 1 aliphatic rings. The molecule has 0 bridgehead atoms. The molecule has 3 heteroatoms. The number of hydrogen-bond acceptors (Lipinski definition) is 3. The first-order valence-corrected chi connectivity index (χ1v) is 8.64. The van der Waals surface area contributed by atoms with Crippen molar-refractivity contribution < 1.29 is 0 Å². The Kier molecular flexibility index (Phi) is 4.51. The molecule has 0 saturated heterocycles. The lowest BCUT2D eigenvalue weighted by Crippen LogP contribution is -2.26. The summed E-state index contributed by atoms with van der Waals surface area (Å²) < 4.78 is 0. The summed E-state index contributed by atoms with van der Waals surface area (Å²) in [5.74, 6) is 1.08. The van der Waals surface area contributed by atoms with E-state index in [9.17, 15) is 0 Å². The molecule has 0 atom stereocenters. The van der Waals surface area contributed by atoms with Crippen LogP contribution in [0.4, 0.5) is 11.4 Å². The highest BCUT2D eigenvalue weighted by molar-refractivity contribution is 7.99. The Morgan fingerprint density at radius 1 is 1.10 bits per heavy atom. The topological polar surface area (TPSA) is 29.3 Å². The first kappa shape index (κ1) is 14.5. The van der Waals surface area contributed by atoms with Crippen LogP contribution in [-0.2, 0) is 13.0 Å². The summed E-state index contributed by atoms with van der Waals surface area (Å²) in [6.45, 7) is 3.86. The molecule has 2 aromatic carbocycles. The molecule has 1 aliphatic heterocycles. The van der Waals surface area contributed by atoms with Gasteiger partial charge in [-0.2, -0.15) is 0 Å². The summed E-state index contributed by atoms with van der Waals surface area (Å²) >= 11 is 1.88. The van der Waals surface area contributed by atoms with Crippen molar-refractivity contribution in [1.29, 1.82) is 0 Å². The fraction of sp³-hybridized carbons (Fsp3) is 0.333. The van der Waals surface area contributed by atoms with Crippen molar-refractivity contribution in [3.63, 3.8) is 0 Å². The van der Waals surface area contributed by atoms with Crippen LogP contribution >= 0.6 is 11.8 Å². The average Bonchev–Trinajstić information content (AvgIpc) is 2.54. The Hall–Kier alpha value is -1.45. The molecule has 2 N–H and O–H groups in total. The minimum absolute atomic E-state index is 0.594. The molecule has 0 fully saturated rings. The second kappa shape index (κ2) is 6.54. The first-order valence-electron chi connectivity index (χ1n) is 7.65. The molecular formula is C18H22N2S. The third-order valence-corrected chi connectivity index (χ3v) is 5.00. The smallest absolute Gasteiger partial charge is 0.0467 e. The van der Waals surface area contributed by atoms with E-state index in [-0.39, 0.29) is 0 Å². The zero-order valence-electron chi connectivity index (χ0n) is 12.5. The van der Waals surface area contributed by atoms with Gasteiger partial charge in [-0.25, -0.2) is 0 Å². The van der Waals surface area contributed by atoms with E-state index in [1.165, 1.54) is 40.2 Å². The van der Waals surface area contributed by atoms with E-state index in [0.29, 0.717) is 6.54 Å². The number of aryl methyl sites for hydroxylation is 1. The predicted molar refractivity (Wildman–Crippen MR) is 92.5 cm³/mol. The van der Waals surface area contributed by atoms with Crippen LogP contribution in [0.5, 0.6) is 0 Å². The minimum Gasteiger partial charge on any atom is -0.341 e. The number of para-hydroxylation sites is 1. The average molecular weight is 298 g/mol. The summed E-state index contributed by atoms with van der Waals surface area (Å²) in [5, 5.41) is 0. The lowest BCUT2D eigenvalue weighted by Gasteiger charge is -2.33. The van der Waals surface area contributed by atoms with Crippen molar-refractivity contribution in [2.45, 2.75) is 31.2 Å². The van der Waals surface area contributed by atoms with Gasteiger partial charge in [0.2, 0.25) is 0 Å². The van der Waals surface area contributed by atoms with Gasteiger partial charge in [0.15, 0.2) is 0 Å². The highest BCUT2D eigenvalue weighted by atomic mass is 32.2. The summed E-state index contributed by atoms with van der Waals surface area (Å²) in [7, 11) is 0. The van der Waals surface area contributed by atoms with Gasteiger partial charge in [0.25, 0.3) is 0 Å². The number of fused-ring (bicyclic) bond motifs is 1. The Morgan fingerprint density at radius 2 is 1.90 bits per heavy atom. The van der Waals surface area contributed by atoms with Crippen LogP contribution < -0.4 is 10.6 Å². The Labute approximate surface area is 131 Å². The minimum atomic E-state index is 0.594. The molecule has 0 spiro atoms. The molecule has 0 amide bonds. The van der Waals surface area contributed by atoms with Crippen molar-refractivity contribution in [3.8, 4) is 0 Å². The zero-order valence-corrected chi connectivity index (χ0v) is 13.3. The highest BCUT2D eigenvalue weighted by Gasteiger charge is 2.20. The fourth-order valence-electron chi connectivity index (χ4n) is 3.09. The number of hydrogen-bond donors (Lipinski definition) is 1. The molecule has 0 radical (unpaired) electrons. The van der Waals surface area contributed by atoms with Crippen LogP contribution in [0, 0.1) is 0 Å². The van der Waals surface area contributed by atoms with Gasteiger partial charge in [-0.15, -0.1) is 11.8 Å². The molecule has 0 aromatic heterocycles. The SMILES string of the molecule is CCSc1cccc(N2CCCc3ccccc32)c1CN.